The van der Waals surface area contributed by atoms with Gasteiger partial charge in [-0.05, 0) is 17.0 Å². The number of hydroxylamine groups is 2. The molecule has 1 atom stereocenters. The molecule has 2 rings (SSSR count). The van der Waals surface area contributed by atoms with Gasteiger partial charge in [0.15, 0.2) is 0 Å². The van der Waals surface area contributed by atoms with Crippen molar-refractivity contribution in [3.05, 3.63) is 71.8 Å². The van der Waals surface area contributed by atoms with Crippen LogP contribution in [0.2, 0.25) is 0 Å². The van der Waals surface area contributed by atoms with Crippen molar-refractivity contribution in [3.8, 4) is 0 Å². The van der Waals surface area contributed by atoms with Crippen LogP contribution < -0.4 is 0 Å². The summed E-state index contributed by atoms with van der Waals surface area (Å²) in [6, 6.07) is 16.5. The van der Waals surface area contributed by atoms with Crippen LogP contribution in [0, 0.1) is 11.3 Å². The highest BCUT2D eigenvalue weighted by molar-refractivity contribution is 5.94. The van der Waals surface area contributed by atoms with E-state index in [0.717, 1.165) is 10.5 Å². The minimum Gasteiger partial charge on any atom is -0.480 e. The number of hydrogen-bond acceptors (Lipinski definition) is 6. The number of nitrogens with one attached hydrogen (secondary N) is 1. The van der Waals surface area contributed by atoms with Gasteiger partial charge >= 0.3 is 18.0 Å². The summed E-state index contributed by atoms with van der Waals surface area (Å²) in [5.41, 5.74) is 1.39. The number of nitrogens with zero attached hydrogens (tertiary/aromatic N) is 2. The number of carboxylic acid groups (broad SMARTS) is 1. The lowest BCUT2D eigenvalue weighted by Gasteiger charge is -2.31. The lowest BCUT2D eigenvalue weighted by molar-refractivity contribution is -0.169. The molecule has 1 amide bonds. The summed E-state index contributed by atoms with van der Waals surface area (Å²) in [7, 11) is 1.35. The first kappa shape index (κ1) is 25.4. The maximum atomic E-state index is 12.6. The molecule has 0 fully saturated rings. The maximum absolute atomic E-state index is 12.6. The Kier molecular flexibility index (Phi) is 9.41. The second kappa shape index (κ2) is 12.2. The van der Waals surface area contributed by atoms with Crippen molar-refractivity contribution in [2.24, 2.45) is 5.92 Å². The van der Waals surface area contributed by atoms with Crippen LogP contribution in [-0.4, -0.2) is 58.8 Å². The molecule has 0 aliphatic rings. The van der Waals surface area contributed by atoms with E-state index in [-0.39, 0.29) is 25.4 Å². The number of aliphatic carboxylic acids is 1. The molecule has 9 heteroatoms. The average molecular weight is 456 g/mol. The quantitative estimate of drug-likeness (QED) is 0.356. The zero-order valence-corrected chi connectivity index (χ0v) is 18.9. The van der Waals surface area contributed by atoms with Crippen LogP contribution in [-0.2, 0) is 32.0 Å². The summed E-state index contributed by atoms with van der Waals surface area (Å²) in [5.74, 6) is -2.62. The smallest absolute Gasteiger partial charge is 0.451 e. The second-order valence-electron chi connectivity index (χ2n) is 7.87. The van der Waals surface area contributed by atoms with Crippen molar-refractivity contribution in [2.45, 2.75) is 32.7 Å². The third-order valence-electron chi connectivity index (χ3n) is 4.64. The Morgan fingerprint density at radius 2 is 1.52 bits per heavy atom. The van der Waals surface area contributed by atoms with Crippen molar-refractivity contribution in [3.63, 3.8) is 0 Å². The van der Waals surface area contributed by atoms with Gasteiger partial charge in [0.25, 0.3) is 0 Å². The number of likely N-dealkylation sites (N-methyl/N-ethyl adjacent to an activating group) is 1. The molecule has 33 heavy (non-hydrogen) atoms. The van der Waals surface area contributed by atoms with Crippen molar-refractivity contribution in [1.29, 1.82) is 5.41 Å². The van der Waals surface area contributed by atoms with Crippen molar-refractivity contribution >= 4 is 24.0 Å². The van der Waals surface area contributed by atoms with Crippen LogP contribution in [0.25, 0.3) is 0 Å². The molecule has 0 bridgehead atoms. The van der Waals surface area contributed by atoms with Gasteiger partial charge in [-0.25, -0.2) is 14.4 Å². The molecule has 0 aliphatic carbocycles. The molecule has 0 radical (unpaired) electrons. The predicted octanol–water partition coefficient (Wildman–Crippen LogP) is 3.34. The fourth-order valence-electron chi connectivity index (χ4n) is 2.88. The molecule has 1 unspecified atom stereocenters. The molecule has 0 spiro atoms. The molecule has 9 nitrogen and oxygen atoms in total. The summed E-state index contributed by atoms with van der Waals surface area (Å²) in [4.78, 5) is 43.3. The first-order chi connectivity index (χ1) is 15.7. The van der Waals surface area contributed by atoms with Crippen molar-refractivity contribution in [2.75, 3.05) is 13.7 Å². The maximum Gasteiger partial charge on any atom is 0.451 e. The van der Waals surface area contributed by atoms with E-state index in [9.17, 15) is 19.5 Å². The van der Waals surface area contributed by atoms with Gasteiger partial charge in [-0.15, -0.1) is 0 Å². The lowest BCUT2D eigenvalue weighted by Crippen LogP contribution is -2.52. The normalized spacial score (nSPS) is 11.4. The van der Waals surface area contributed by atoms with Gasteiger partial charge < -0.3 is 19.6 Å². The number of guanidine groups is 1. The lowest BCUT2D eigenvalue weighted by atomic mass is 10.1. The molecule has 0 saturated heterocycles. The number of carbonyl (C=O) groups excluding carboxylic acids is 2. The summed E-state index contributed by atoms with van der Waals surface area (Å²) >= 11 is 0. The molecule has 2 aromatic rings. The van der Waals surface area contributed by atoms with E-state index in [4.69, 9.17) is 15.0 Å². The highest BCUT2D eigenvalue weighted by atomic mass is 16.8. The van der Waals surface area contributed by atoms with Gasteiger partial charge in [0.1, 0.15) is 6.04 Å². The highest BCUT2D eigenvalue weighted by Gasteiger charge is 2.34. The Morgan fingerprint density at radius 3 is 2.03 bits per heavy atom. The zero-order valence-electron chi connectivity index (χ0n) is 18.9. The van der Waals surface area contributed by atoms with Gasteiger partial charge in [-0.3, -0.25) is 5.41 Å². The van der Waals surface area contributed by atoms with E-state index in [0.29, 0.717) is 10.6 Å². The van der Waals surface area contributed by atoms with E-state index < -0.39 is 30.0 Å². The van der Waals surface area contributed by atoms with Crippen LogP contribution in [0.4, 0.5) is 4.79 Å². The highest BCUT2D eigenvalue weighted by Crippen LogP contribution is 2.13. The summed E-state index contributed by atoms with van der Waals surface area (Å²) in [6.45, 7) is 3.70. The minimum absolute atomic E-state index is 0.00702. The molecule has 0 aliphatic heterocycles. The van der Waals surface area contributed by atoms with Crippen LogP contribution in [0.5, 0.6) is 0 Å². The third kappa shape index (κ3) is 7.95. The SMILES string of the molecule is CC(C)COC(=O)N(OC(=O)Cc1ccccc1)C(=N)N(C)C(Cc1ccccc1)C(=O)O. The molecular formula is C24H29N3O6. The predicted molar refractivity (Wildman–Crippen MR) is 121 cm³/mol. The Bertz CT molecular complexity index is 949. The number of benzene rings is 2. The number of amides is 1. The number of ether oxygens (including phenoxy) is 1. The van der Waals surface area contributed by atoms with Gasteiger partial charge in [0.05, 0.1) is 13.0 Å². The summed E-state index contributed by atoms with van der Waals surface area (Å²) in [5, 5.41) is 18.6. The van der Waals surface area contributed by atoms with Crippen LogP contribution in [0.1, 0.15) is 25.0 Å². The van der Waals surface area contributed by atoms with Crippen LogP contribution >= 0.6 is 0 Å². The standard InChI is InChI=1S/C24H29N3O6/c1-17(2)16-32-24(31)27(33-21(28)15-19-12-8-5-9-13-19)23(25)26(3)20(22(29)30)14-18-10-6-4-7-11-18/h4-13,17,20,25H,14-16H2,1-3H3,(H,29,30). The Labute approximate surface area is 193 Å². The monoisotopic (exact) mass is 455 g/mol. The van der Waals surface area contributed by atoms with E-state index in [2.05, 4.69) is 0 Å². The van der Waals surface area contributed by atoms with Gasteiger partial charge in [-0.1, -0.05) is 79.6 Å². The van der Waals surface area contributed by atoms with E-state index in [1.165, 1.54) is 7.05 Å². The van der Waals surface area contributed by atoms with E-state index in [1.807, 2.05) is 19.9 Å². The first-order valence-electron chi connectivity index (χ1n) is 10.5. The number of rotatable bonds is 8. The average Bonchev–Trinajstić information content (AvgIpc) is 2.79. The van der Waals surface area contributed by atoms with Crippen molar-refractivity contribution in [1.82, 2.24) is 9.96 Å². The largest absolute Gasteiger partial charge is 0.480 e. The molecule has 0 aromatic heterocycles. The summed E-state index contributed by atoms with van der Waals surface area (Å²) in [6.07, 6.45) is -1.15. The van der Waals surface area contributed by atoms with E-state index in [1.54, 1.807) is 54.6 Å². The van der Waals surface area contributed by atoms with Crippen LogP contribution in [0.3, 0.4) is 0 Å². The number of carboxylic acids is 1. The summed E-state index contributed by atoms with van der Waals surface area (Å²) < 4.78 is 5.14. The van der Waals surface area contributed by atoms with E-state index >= 15 is 0 Å². The van der Waals surface area contributed by atoms with Crippen LogP contribution in [0.15, 0.2) is 60.7 Å². The molecular weight excluding hydrogens is 426 g/mol. The molecule has 2 aromatic carbocycles. The van der Waals surface area contributed by atoms with Gasteiger partial charge in [0.2, 0.25) is 5.96 Å². The zero-order chi connectivity index (χ0) is 24.4. The fraction of sp³-hybridized carbons (Fsp3) is 0.333. The Hall–Kier alpha value is -3.88. The molecule has 176 valence electrons. The third-order valence-corrected chi connectivity index (χ3v) is 4.64. The second-order valence-corrected chi connectivity index (χ2v) is 7.87. The number of carbonyl (C=O) groups is 3. The molecule has 2 N–H and O–H groups in total. The topological polar surface area (TPSA) is 120 Å². The van der Waals surface area contributed by atoms with Gasteiger partial charge in [-0.2, -0.15) is 0 Å². The van der Waals surface area contributed by atoms with Gasteiger partial charge in [0, 0.05) is 13.5 Å². The first-order valence-corrected chi connectivity index (χ1v) is 10.5. The molecule has 0 heterocycles. The number of hydrogen-bond donors (Lipinski definition) is 2. The molecule has 0 saturated carbocycles. The minimum atomic E-state index is -1.20. The van der Waals surface area contributed by atoms with Crippen molar-refractivity contribution < 1.29 is 29.1 Å². The Morgan fingerprint density at radius 1 is 0.970 bits per heavy atom. The Balaban J connectivity index is 2.21. The fourth-order valence-corrected chi connectivity index (χ4v) is 2.88.